The summed E-state index contributed by atoms with van der Waals surface area (Å²) in [5, 5.41) is 0. The van der Waals surface area contributed by atoms with Gasteiger partial charge in [0.1, 0.15) is 0 Å². The Labute approximate surface area is 224 Å². The summed E-state index contributed by atoms with van der Waals surface area (Å²) in [6.07, 6.45) is 22.9. The molecule has 0 aliphatic carbocycles. The maximum absolute atomic E-state index is 5.61. The largest absolute Gasteiger partial charge is 0.127 e. The molecule has 0 aromatic heterocycles. The second-order valence-corrected chi connectivity index (χ2v) is 8.07. The summed E-state index contributed by atoms with van der Waals surface area (Å²) < 4.78 is 0. The van der Waals surface area contributed by atoms with Gasteiger partial charge < -0.3 is 0 Å². The summed E-state index contributed by atoms with van der Waals surface area (Å²) in [6.45, 7) is 4.33. The number of hydrogen-bond donors (Lipinski definition) is 0. The average molecular weight is 556 g/mol. The maximum atomic E-state index is 5.61. The molecule has 0 saturated heterocycles. The fourth-order valence-electron chi connectivity index (χ4n) is 2.80. The van der Waals surface area contributed by atoms with Crippen molar-refractivity contribution in [2.45, 2.75) is 129 Å². The van der Waals surface area contributed by atoms with Gasteiger partial charge in [0, 0.05) is 62.0 Å². The molecule has 0 nitrogen and oxygen atoms in total. The first kappa shape index (κ1) is 38.1. The molecule has 0 aromatic rings. The van der Waals surface area contributed by atoms with Crippen LogP contribution < -0.4 is 0 Å². The molecule has 0 spiro atoms. The first-order valence-electron chi connectivity index (χ1n) is 11.9. The summed E-state index contributed by atoms with van der Waals surface area (Å²) in [5.41, 5.74) is 0. The van der Waals surface area contributed by atoms with Crippen LogP contribution in [0.15, 0.2) is 0 Å². The average Bonchev–Trinajstić information content (AvgIpc) is 2.71. The van der Waals surface area contributed by atoms with Crippen molar-refractivity contribution in [1.82, 2.24) is 0 Å². The number of alkyl halides is 2. The molecule has 0 fully saturated rings. The molecule has 0 amide bonds. The molecule has 0 N–H and O–H groups in total. The van der Waals surface area contributed by atoms with Crippen LogP contribution in [-0.2, 0) is 36.0 Å². The van der Waals surface area contributed by atoms with Gasteiger partial charge in [-0.05, 0) is 19.3 Å². The fourth-order valence-corrected chi connectivity index (χ4v) is 3.18. The smallest absolute Gasteiger partial charge is 0.0702 e. The van der Waals surface area contributed by atoms with Crippen LogP contribution in [0.3, 0.4) is 0 Å². The molecule has 0 unspecified atom stereocenters. The van der Waals surface area contributed by atoms with Crippen LogP contribution in [-0.4, -0.2) is 11.8 Å². The Morgan fingerprint density at radius 1 is 0.533 bits per heavy atom. The molecule has 0 heterocycles. The molecule has 0 aliphatic heterocycles. The Kier molecular flexibility index (Phi) is 51.1. The summed E-state index contributed by atoms with van der Waals surface area (Å²) in [5.74, 6) is 13.8. The van der Waals surface area contributed by atoms with Crippen molar-refractivity contribution in [2.24, 2.45) is 0 Å². The monoisotopic (exact) mass is 552 g/mol. The number of unbranched alkanes of at least 4 members (excludes halogenated alkanes) is 14. The van der Waals surface area contributed by atoms with Gasteiger partial charge in [0.05, 0.1) is 6.42 Å². The standard InChI is InChI=1S/C13H27Cl.C13H19Cl.Ni.Zn.H2/c2*1-2-3-4-5-6-7-8-9-10-11-12-13-14;;;/h2-13H2,1H3;2,5,8-13H2,1H3;;;1H. The number of hydrogen-bond acceptors (Lipinski definition) is 0. The Hall–Kier alpha value is 0.817. The SMILES string of the molecule is CCC#CCC#CCCCCCCCl.CCCCCCCCCCCCCCl.[HH].[Ni].[Zn]. The molecule has 0 aromatic carbocycles. The summed E-state index contributed by atoms with van der Waals surface area (Å²) in [4.78, 5) is 0. The molecule has 30 heavy (non-hydrogen) atoms. The van der Waals surface area contributed by atoms with E-state index in [0.29, 0.717) is 0 Å². The molecule has 0 radical (unpaired) electrons. The van der Waals surface area contributed by atoms with Gasteiger partial charge in [0.2, 0.25) is 0 Å². The van der Waals surface area contributed by atoms with Gasteiger partial charge in [-0.25, -0.2) is 0 Å². The van der Waals surface area contributed by atoms with Crippen LogP contribution in [0, 0.1) is 23.7 Å². The molecular formula is C26H48Cl2NiZn. The summed E-state index contributed by atoms with van der Waals surface area (Å²) in [6, 6.07) is 0. The molecule has 0 bridgehead atoms. The van der Waals surface area contributed by atoms with Crippen LogP contribution in [0.25, 0.3) is 0 Å². The third kappa shape index (κ3) is 42.8. The van der Waals surface area contributed by atoms with Crippen LogP contribution in [0.5, 0.6) is 0 Å². The summed E-state index contributed by atoms with van der Waals surface area (Å²) in [7, 11) is 0. The second kappa shape index (κ2) is 40.2. The third-order valence-corrected chi connectivity index (χ3v) is 5.06. The Bertz CT molecular complexity index is 388. The first-order valence-corrected chi connectivity index (χ1v) is 12.9. The summed E-state index contributed by atoms with van der Waals surface area (Å²) >= 11 is 11.2. The minimum atomic E-state index is 0. The second-order valence-electron chi connectivity index (χ2n) is 7.32. The molecule has 178 valence electrons. The number of halogens is 2. The van der Waals surface area contributed by atoms with Crippen molar-refractivity contribution in [3.63, 3.8) is 0 Å². The molecular weight excluding hydrogens is 507 g/mol. The van der Waals surface area contributed by atoms with Gasteiger partial charge >= 0.3 is 0 Å². The van der Waals surface area contributed by atoms with E-state index in [-0.39, 0.29) is 37.4 Å². The molecule has 4 heteroatoms. The zero-order chi connectivity index (χ0) is 21.0. The predicted molar refractivity (Wildman–Crippen MR) is 134 cm³/mol. The topological polar surface area (TPSA) is 0 Å². The fraction of sp³-hybridized carbons (Fsp3) is 0.846. The van der Waals surface area contributed by atoms with Crippen molar-refractivity contribution in [3.8, 4) is 23.7 Å². The molecule has 0 rings (SSSR count). The van der Waals surface area contributed by atoms with E-state index in [1.807, 2.05) is 0 Å². The van der Waals surface area contributed by atoms with E-state index in [2.05, 4.69) is 37.5 Å². The van der Waals surface area contributed by atoms with E-state index < -0.39 is 0 Å². The van der Waals surface area contributed by atoms with Crippen LogP contribution >= 0.6 is 23.2 Å². The predicted octanol–water partition coefficient (Wildman–Crippen LogP) is 9.76. The first-order chi connectivity index (χ1) is 13.8. The molecule has 0 saturated carbocycles. The van der Waals surface area contributed by atoms with Gasteiger partial charge in [-0.3, -0.25) is 0 Å². The quantitative estimate of drug-likeness (QED) is 0.0770. The molecule has 0 aliphatic rings. The van der Waals surface area contributed by atoms with Gasteiger partial charge in [-0.2, -0.15) is 0 Å². The van der Waals surface area contributed by atoms with Crippen molar-refractivity contribution < 1.29 is 37.4 Å². The third-order valence-electron chi connectivity index (χ3n) is 4.53. The van der Waals surface area contributed by atoms with Gasteiger partial charge in [0.25, 0.3) is 0 Å². The zero-order valence-corrected chi connectivity index (χ0v) is 25.4. The maximum Gasteiger partial charge on any atom is 0.0702 e. The van der Waals surface area contributed by atoms with Crippen molar-refractivity contribution >= 4 is 23.2 Å². The zero-order valence-electron chi connectivity index (χ0n) is 19.9. The normalized spacial score (nSPS) is 8.93. The van der Waals surface area contributed by atoms with Crippen molar-refractivity contribution in [1.29, 1.82) is 0 Å². The van der Waals surface area contributed by atoms with Gasteiger partial charge in [-0.15, -0.1) is 35.0 Å². The van der Waals surface area contributed by atoms with Gasteiger partial charge in [0.15, 0.2) is 0 Å². The van der Waals surface area contributed by atoms with Crippen LogP contribution in [0.1, 0.15) is 131 Å². The van der Waals surface area contributed by atoms with Crippen LogP contribution in [0.4, 0.5) is 0 Å². The minimum absolute atomic E-state index is 0. The van der Waals surface area contributed by atoms with E-state index in [9.17, 15) is 0 Å². The number of rotatable bonds is 16. The minimum Gasteiger partial charge on any atom is -0.127 e. The Morgan fingerprint density at radius 3 is 1.37 bits per heavy atom. The van der Waals surface area contributed by atoms with E-state index in [1.54, 1.807) is 0 Å². The Balaban J connectivity index is -0.000000133. The van der Waals surface area contributed by atoms with Crippen molar-refractivity contribution in [3.05, 3.63) is 0 Å². The molecule has 0 atom stereocenters. The van der Waals surface area contributed by atoms with E-state index >= 15 is 0 Å². The van der Waals surface area contributed by atoms with E-state index in [1.165, 1.54) is 89.9 Å². The Morgan fingerprint density at radius 2 is 0.933 bits per heavy atom. The van der Waals surface area contributed by atoms with Crippen molar-refractivity contribution in [2.75, 3.05) is 11.8 Å². The van der Waals surface area contributed by atoms with Gasteiger partial charge in [-0.1, -0.05) is 103 Å². The van der Waals surface area contributed by atoms with Crippen LogP contribution in [0.2, 0.25) is 0 Å². The van der Waals surface area contributed by atoms with E-state index in [0.717, 1.165) is 37.4 Å². The van der Waals surface area contributed by atoms with E-state index in [4.69, 9.17) is 23.2 Å².